The summed E-state index contributed by atoms with van der Waals surface area (Å²) in [4.78, 5) is 19.6. The maximum atomic E-state index is 10.7. The standard InChI is InChI=1S/C9H10N2O8S.Na/c12-10(13)7-2-3-9(8(6-7)11(14)15)19-4-1-5-20(16,17)18;/h2-3,6H,1,4-5H2,(H,16,17,18);/q;+1/p-1. The van der Waals surface area contributed by atoms with Gasteiger partial charge in [0.25, 0.3) is 5.69 Å². The molecule has 0 radical (unpaired) electrons. The fourth-order valence-corrected chi connectivity index (χ4v) is 1.77. The first-order valence-electron chi connectivity index (χ1n) is 5.20. The van der Waals surface area contributed by atoms with Crippen LogP contribution in [0.1, 0.15) is 6.42 Å². The number of hydrogen-bond acceptors (Lipinski definition) is 8. The molecule has 1 aromatic rings. The Hall–Kier alpha value is -1.27. The van der Waals surface area contributed by atoms with Gasteiger partial charge in [0, 0.05) is 11.8 Å². The second kappa shape index (κ2) is 8.24. The Morgan fingerprint density at radius 3 is 2.24 bits per heavy atom. The van der Waals surface area contributed by atoms with Gasteiger partial charge in [0.2, 0.25) is 0 Å². The number of nitro groups is 2. The Balaban J connectivity index is 0.00000400. The zero-order valence-corrected chi connectivity index (χ0v) is 13.7. The van der Waals surface area contributed by atoms with Crippen molar-refractivity contribution in [1.29, 1.82) is 0 Å². The van der Waals surface area contributed by atoms with E-state index in [4.69, 9.17) is 4.74 Å². The molecule has 0 bridgehead atoms. The topological polar surface area (TPSA) is 153 Å². The first-order valence-corrected chi connectivity index (χ1v) is 6.77. The van der Waals surface area contributed by atoms with E-state index in [0.717, 1.165) is 18.2 Å². The number of hydrogen-bond donors (Lipinski definition) is 0. The summed E-state index contributed by atoms with van der Waals surface area (Å²) in [6, 6.07) is 2.80. The molecule has 0 saturated heterocycles. The minimum absolute atomic E-state index is 0. The molecular weight excluding hydrogens is 319 g/mol. The largest absolute Gasteiger partial charge is 1.00 e. The first kappa shape index (κ1) is 19.7. The van der Waals surface area contributed by atoms with Crippen LogP contribution in [-0.4, -0.2) is 35.2 Å². The Morgan fingerprint density at radius 1 is 1.14 bits per heavy atom. The van der Waals surface area contributed by atoms with Gasteiger partial charge in [-0.25, -0.2) is 8.42 Å². The van der Waals surface area contributed by atoms with Crippen LogP contribution < -0.4 is 34.3 Å². The molecule has 0 N–H and O–H groups in total. The van der Waals surface area contributed by atoms with Crippen LogP contribution in [0.25, 0.3) is 0 Å². The third kappa shape index (κ3) is 6.82. The third-order valence-corrected chi connectivity index (χ3v) is 2.93. The number of rotatable bonds is 7. The minimum Gasteiger partial charge on any atom is -0.748 e. The van der Waals surface area contributed by atoms with Crippen LogP contribution in [0.3, 0.4) is 0 Å². The van der Waals surface area contributed by atoms with E-state index >= 15 is 0 Å². The summed E-state index contributed by atoms with van der Waals surface area (Å²) in [5.41, 5.74) is -1.07. The summed E-state index contributed by atoms with van der Waals surface area (Å²) < 4.78 is 36.0. The van der Waals surface area contributed by atoms with Gasteiger partial charge in [0.15, 0.2) is 5.75 Å². The van der Waals surface area contributed by atoms with Crippen LogP contribution >= 0.6 is 0 Å². The molecule has 0 atom stereocenters. The van der Waals surface area contributed by atoms with Gasteiger partial charge < -0.3 is 9.29 Å². The molecule has 1 rings (SSSR count). The van der Waals surface area contributed by atoms with Crippen molar-refractivity contribution in [3.63, 3.8) is 0 Å². The maximum absolute atomic E-state index is 10.7. The monoisotopic (exact) mass is 328 g/mol. The predicted octanol–water partition coefficient (Wildman–Crippen LogP) is -2.18. The summed E-state index contributed by atoms with van der Waals surface area (Å²) in [5.74, 6) is -0.891. The summed E-state index contributed by atoms with van der Waals surface area (Å²) in [7, 11) is -4.38. The molecule has 110 valence electrons. The van der Waals surface area contributed by atoms with Gasteiger partial charge in [-0.2, -0.15) is 0 Å². The molecule has 1 aromatic carbocycles. The Labute approximate surface area is 141 Å². The van der Waals surface area contributed by atoms with E-state index in [-0.39, 0.29) is 48.3 Å². The fourth-order valence-electron chi connectivity index (χ4n) is 1.30. The van der Waals surface area contributed by atoms with Crippen LogP contribution in [-0.2, 0) is 10.1 Å². The molecule has 0 heterocycles. The summed E-state index contributed by atoms with van der Waals surface area (Å²) in [6.45, 7) is -0.236. The summed E-state index contributed by atoms with van der Waals surface area (Å²) in [6.07, 6.45) is -0.139. The molecule has 10 nitrogen and oxygen atoms in total. The molecule has 0 aromatic heterocycles. The molecule has 0 saturated carbocycles. The summed E-state index contributed by atoms with van der Waals surface area (Å²) >= 11 is 0. The molecule has 12 heteroatoms. The fraction of sp³-hybridized carbons (Fsp3) is 0.333. The van der Waals surface area contributed by atoms with Crippen molar-refractivity contribution in [2.24, 2.45) is 0 Å². The van der Waals surface area contributed by atoms with Crippen LogP contribution in [0.4, 0.5) is 11.4 Å². The van der Waals surface area contributed by atoms with Gasteiger partial charge in [-0.15, -0.1) is 0 Å². The number of non-ortho nitro benzene ring substituents is 1. The van der Waals surface area contributed by atoms with E-state index in [1.165, 1.54) is 0 Å². The van der Waals surface area contributed by atoms with Gasteiger partial charge in [-0.3, -0.25) is 20.2 Å². The van der Waals surface area contributed by atoms with Crippen LogP contribution in [0, 0.1) is 20.2 Å². The van der Waals surface area contributed by atoms with E-state index in [0.29, 0.717) is 0 Å². The Bertz CT molecular complexity index is 633. The molecule has 0 aliphatic carbocycles. The van der Waals surface area contributed by atoms with Crippen molar-refractivity contribution in [1.82, 2.24) is 0 Å². The molecule has 21 heavy (non-hydrogen) atoms. The zero-order chi connectivity index (χ0) is 15.3. The van der Waals surface area contributed by atoms with Crippen molar-refractivity contribution in [3.05, 3.63) is 38.4 Å². The van der Waals surface area contributed by atoms with Crippen LogP contribution in [0.2, 0.25) is 0 Å². The molecule has 0 aliphatic heterocycles. The van der Waals surface area contributed by atoms with E-state index in [2.05, 4.69) is 0 Å². The number of benzene rings is 1. The number of ether oxygens (including phenoxy) is 1. The number of nitro benzene ring substituents is 2. The second-order valence-corrected chi connectivity index (χ2v) is 5.15. The van der Waals surface area contributed by atoms with E-state index in [1.54, 1.807) is 0 Å². The molecule has 0 fully saturated rings. The molecule has 0 unspecified atom stereocenters. The zero-order valence-electron chi connectivity index (χ0n) is 10.9. The number of nitrogens with zero attached hydrogens (tertiary/aromatic N) is 2. The van der Waals surface area contributed by atoms with Gasteiger partial charge in [0.05, 0.1) is 32.6 Å². The quantitative estimate of drug-likeness (QED) is 0.180. The average Bonchev–Trinajstić information content (AvgIpc) is 2.33. The molecule has 0 spiro atoms. The van der Waals surface area contributed by atoms with Crippen molar-refractivity contribution in [3.8, 4) is 5.75 Å². The van der Waals surface area contributed by atoms with Gasteiger partial charge in [-0.05, 0) is 12.5 Å². The molecular formula is C9H9N2NaO8S. The van der Waals surface area contributed by atoms with Crippen molar-refractivity contribution in [2.45, 2.75) is 6.42 Å². The minimum atomic E-state index is -4.38. The van der Waals surface area contributed by atoms with E-state index in [9.17, 15) is 33.2 Å². The average molecular weight is 328 g/mol. The van der Waals surface area contributed by atoms with Gasteiger partial charge in [0.1, 0.15) is 0 Å². The van der Waals surface area contributed by atoms with E-state index in [1.807, 2.05) is 0 Å². The predicted molar refractivity (Wildman–Crippen MR) is 64.4 cm³/mol. The Morgan fingerprint density at radius 2 is 1.76 bits per heavy atom. The normalized spacial score (nSPS) is 10.5. The van der Waals surface area contributed by atoms with Crippen LogP contribution in [0.5, 0.6) is 5.75 Å². The second-order valence-electron chi connectivity index (χ2n) is 3.63. The SMILES string of the molecule is O=[N+]([O-])c1ccc(OCCCS(=O)(=O)[O-])c([N+](=O)[O-])c1.[Na+]. The molecule has 0 aliphatic rings. The maximum Gasteiger partial charge on any atom is 1.00 e. The molecule has 0 amide bonds. The van der Waals surface area contributed by atoms with Crippen molar-refractivity contribution >= 4 is 21.5 Å². The van der Waals surface area contributed by atoms with Crippen LogP contribution in [0.15, 0.2) is 18.2 Å². The van der Waals surface area contributed by atoms with Crippen molar-refractivity contribution in [2.75, 3.05) is 12.4 Å². The smallest absolute Gasteiger partial charge is 0.748 e. The first-order chi connectivity index (χ1) is 9.20. The van der Waals surface area contributed by atoms with E-state index < -0.39 is 37.1 Å². The van der Waals surface area contributed by atoms with Gasteiger partial charge >= 0.3 is 35.2 Å². The Kier molecular flexibility index (Phi) is 7.74. The third-order valence-electron chi connectivity index (χ3n) is 2.15. The van der Waals surface area contributed by atoms with Gasteiger partial charge in [-0.1, -0.05) is 0 Å². The van der Waals surface area contributed by atoms with Crippen molar-refractivity contribution < 1.29 is 57.1 Å². The summed E-state index contributed by atoms with van der Waals surface area (Å²) in [5, 5.41) is 21.2.